The Labute approximate surface area is 162 Å². The van der Waals surface area contributed by atoms with E-state index >= 15 is 0 Å². The molecule has 0 saturated carbocycles. The molecule has 146 valence electrons. The monoisotopic (exact) mass is 370 g/mol. The van der Waals surface area contributed by atoms with Crippen molar-refractivity contribution in [2.24, 2.45) is 10.7 Å². The van der Waals surface area contributed by atoms with Crippen molar-refractivity contribution in [3.05, 3.63) is 53.6 Å². The molecule has 0 aliphatic heterocycles. The summed E-state index contributed by atoms with van der Waals surface area (Å²) in [4.78, 5) is 6.73. The zero-order chi connectivity index (χ0) is 19.6. The maximum absolute atomic E-state index is 6.01. The van der Waals surface area contributed by atoms with Crippen molar-refractivity contribution in [2.75, 3.05) is 38.8 Å². The SMILES string of the molecule is CCN(CCNC(N)=NCc1ccc(OC)c(OC)c1)c1ccccc1C. The predicted octanol–water partition coefficient (Wildman–Crippen LogP) is 2.94. The number of aliphatic imine (C=N–C) groups is 1. The molecule has 0 fully saturated rings. The Kier molecular flexibility index (Phi) is 7.79. The molecule has 6 heteroatoms. The molecular weight excluding hydrogens is 340 g/mol. The van der Waals surface area contributed by atoms with Gasteiger partial charge in [0.05, 0.1) is 20.8 Å². The minimum Gasteiger partial charge on any atom is -0.493 e. The molecule has 0 bridgehead atoms. The third-order valence-electron chi connectivity index (χ3n) is 4.41. The van der Waals surface area contributed by atoms with Gasteiger partial charge < -0.3 is 25.4 Å². The number of ether oxygens (including phenoxy) is 2. The molecular formula is C21H30N4O2. The molecule has 6 nitrogen and oxygen atoms in total. The maximum Gasteiger partial charge on any atom is 0.188 e. The molecule has 2 rings (SSSR count). The Morgan fingerprint density at radius 3 is 2.52 bits per heavy atom. The highest BCUT2D eigenvalue weighted by Gasteiger charge is 2.07. The molecule has 0 unspecified atom stereocenters. The van der Waals surface area contributed by atoms with E-state index in [1.165, 1.54) is 11.3 Å². The summed E-state index contributed by atoms with van der Waals surface area (Å²) in [7, 11) is 3.24. The van der Waals surface area contributed by atoms with Crippen LogP contribution in [0, 0.1) is 6.92 Å². The Morgan fingerprint density at radius 2 is 1.85 bits per heavy atom. The number of methoxy groups -OCH3 is 2. The zero-order valence-corrected chi connectivity index (χ0v) is 16.7. The maximum atomic E-state index is 6.01. The Hall–Kier alpha value is -2.89. The van der Waals surface area contributed by atoms with Crippen molar-refractivity contribution in [1.82, 2.24) is 5.32 Å². The number of para-hydroxylation sites is 1. The number of likely N-dealkylation sites (N-methyl/N-ethyl adjacent to an activating group) is 1. The van der Waals surface area contributed by atoms with Gasteiger partial charge in [-0.15, -0.1) is 0 Å². The van der Waals surface area contributed by atoms with E-state index in [0.29, 0.717) is 24.0 Å². The van der Waals surface area contributed by atoms with Crippen LogP contribution in [0.2, 0.25) is 0 Å². The van der Waals surface area contributed by atoms with Crippen molar-refractivity contribution in [1.29, 1.82) is 0 Å². The van der Waals surface area contributed by atoms with E-state index < -0.39 is 0 Å². The van der Waals surface area contributed by atoms with Crippen LogP contribution >= 0.6 is 0 Å². The fraction of sp³-hybridized carbons (Fsp3) is 0.381. The van der Waals surface area contributed by atoms with Crippen LogP contribution in [-0.4, -0.2) is 39.8 Å². The van der Waals surface area contributed by atoms with Crippen LogP contribution in [0.15, 0.2) is 47.5 Å². The van der Waals surface area contributed by atoms with Crippen molar-refractivity contribution in [3.63, 3.8) is 0 Å². The van der Waals surface area contributed by atoms with Gasteiger partial charge in [-0.2, -0.15) is 0 Å². The van der Waals surface area contributed by atoms with Gasteiger partial charge >= 0.3 is 0 Å². The number of rotatable bonds is 9. The van der Waals surface area contributed by atoms with Gasteiger partial charge in [0, 0.05) is 25.3 Å². The highest BCUT2D eigenvalue weighted by atomic mass is 16.5. The minimum absolute atomic E-state index is 0.436. The number of nitrogens with zero attached hydrogens (tertiary/aromatic N) is 2. The van der Waals surface area contributed by atoms with Crippen LogP contribution in [0.5, 0.6) is 11.5 Å². The number of guanidine groups is 1. The largest absolute Gasteiger partial charge is 0.493 e. The van der Waals surface area contributed by atoms with Gasteiger partial charge in [0.15, 0.2) is 17.5 Å². The molecule has 0 aliphatic carbocycles. The summed E-state index contributed by atoms with van der Waals surface area (Å²) in [6.45, 7) is 7.28. The van der Waals surface area contributed by atoms with Crippen LogP contribution < -0.4 is 25.4 Å². The van der Waals surface area contributed by atoms with E-state index in [0.717, 1.165) is 25.2 Å². The van der Waals surface area contributed by atoms with Gasteiger partial charge in [-0.1, -0.05) is 24.3 Å². The Morgan fingerprint density at radius 1 is 1.11 bits per heavy atom. The zero-order valence-electron chi connectivity index (χ0n) is 16.7. The quantitative estimate of drug-likeness (QED) is 0.524. The molecule has 0 heterocycles. The standard InChI is InChI=1S/C21H30N4O2/c1-5-25(18-9-7-6-8-16(18)2)13-12-23-21(22)24-15-17-10-11-19(26-3)20(14-17)27-4/h6-11,14H,5,12-13,15H2,1-4H3,(H3,22,23,24). The van der Waals surface area contributed by atoms with E-state index in [4.69, 9.17) is 15.2 Å². The number of aryl methyl sites for hydroxylation is 1. The normalized spacial score (nSPS) is 11.2. The van der Waals surface area contributed by atoms with Crippen molar-refractivity contribution in [2.45, 2.75) is 20.4 Å². The van der Waals surface area contributed by atoms with E-state index in [1.807, 2.05) is 18.2 Å². The number of hydrogen-bond donors (Lipinski definition) is 2. The first-order valence-electron chi connectivity index (χ1n) is 9.14. The van der Waals surface area contributed by atoms with Gasteiger partial charge in [-0.25, -0.2) is 4.99 Å². The number of nitrogens with two attached hydrogens (primary N) is 1. The lowest BCUT2D eigenvalue weighted by atomic mass is 10.2. The molecule has 27 heavy (non-hydrogen) atoms. The lowest BCUT2D eigenvalue weighted by Crippen LogP contribution is -2.38. The Bertz CT molecular complexity index is 762. The Balaban J connectivity index is 1.88. The summed E-state index contributed by atoms with van der Waals surface area (Å²) in [5.41, 5.74) is 9.54. The topological polar surface area (TPSA) is 72.1 Å². The van der Waals surface area contributed by atoms with E-state index in [9.17, 15) is 0 Å². The van der Waals surface area contributed by atoms with E-state index in [2.05, 4.69) is 53.3 Å². The van der Waals surface area contributed by atoms with Gasteiger partial charge in [0.1, 0.15) is 0 Å². The second kappa shape index (κ2) is 10.3. The van der Waals surface area contributed by atoms with Crippen molar-refractivity contribution in [3.8, 4) is 11.5 Å². The third-order valence-corrected chi connectivity index (χ3v) is 4.41. The van der Waals surface area contributed by atoms with Crippen LogP contribution in [0.1, 0.15) is 18.1 Å². The highest BCUT2D eigenvalue weighted by Crippen LogP contribution is 2.27. The fourth-order valence-corrected chi connectivity index (χ4v) is 2.90. The van der Waals surface area contributed by atoms with Gasteiger partial charge in [0.2, 0.25) is 0 Å². The molecule has 0 amide bonds. The summed E-state index contributed by atoms with van der Waals surface area (Å²) < 4.78 is 10.6. The minimum atomic E-state index is 0.436. The highest BCUT2D eigenvalue weighted by molar-refractivity contribution is 5.77. The number of benzene rings is 2. The van der Waals surface area contributed by atoms with Crippen LogP contribution in [0.4, 0.5) is 5.69 Å². The summed E-state index contributed by atoms with van der Waals surface area (Å²) >= 11 is 0. The summed E-state index contributed by atoms with van der Waals surface area (Å²) in [6, 6.07) is 14.1. The molecule has 2 aromatic carbocycles. The lowest BCUT2D eigenvalue weighted by Gasteiger charge is -2.25. The lowest BCUT2D eigenvalue weighted by molar-refractivity contribution is 0.354. The number of hydrogen-bond acceptors (Lipinski definition) is 4. The summed E-state index contributed by atoms with van der Waals surface area (Å²) in [5.74, 6) is 1.83. The number of nitrogens with one attached hydrogen (secondary N) is 1. The first-order chi connectivity index (χ1) is 13.1. The molecule has 0 aromatic heterocycles. The molecule has 3 N–H and O–H groups in total. The van der Waals surface area contributed by atoms with Crippen LogP contribution in [0.25, 0.3) is 0 Å². The van der Waals surface area contributed by atoms with Crippen LogP contribution in [-0.2, 0) is 6.54 Å². The molecule has 0 saturated heterocycles. The molecule has 0 spiro atoms. The van der Waals surface area contributed by atoms with Gasteiger partial charge in [0.25, 0.3) is 0 Å². The first kappa shape index (κ1) is 20.4. The van der Waals surface area contributed by atoms with Gasteiger partial charge in [-0.3, -0.25) is 0 Å². The average Bonchev–Trinajstić information content (AvgIpc) is 2.70. The van der Waals surface area contributed by atoms with Crippen molar-refractivity contribution < 1.29 is 9.47 Å². The second-order valence-electron chi connectivity index (χ2n) is 6.18. The smallest absolute Gasteiger partial charge is 0.188 e. The molecule has 0 atom stereocenters. The number of anilines is 1. The molecule has 0 radical (unpaired) electrons. The van der Waals surface area contributed by atoms with E-state index in [1.54, 1.807) is 14.2 Å². The first-order valence-corrected chi connectivity index (χ1v) is 9.14. The molecule has 2 aromatic rings. The second-order valence-corrected chi connectivity index (χ2v) is 6.18. The summed E-state index contributed by atoms with van der Waals surface area (Å²) in [6.07, 6.45) is 0. The van der Waals surface area contributed by atoms with Crippen LogP contribution in [0.3, 0.4) is 0 Å². The summed E-state index contributed by atoms with van der Waals surface area (Å²) in [5, 5.41) is 3.19. The van der Waals surface area contributed by atoms with Gasteiger partial charge in [-0.05, 0) is 43.2 Å². The van der Waals surface area contributed by atoms with Crippen molar-refractivity contribution >= 4 is 11.6 Å². The molecule has 0 aliphatic rings. The van der Waals surface area contributed by atoms with E-state index in [-0.39, 0.29) is 0 Å². The average molecular weight is 370 g/mol. The predicted molar refractivity (Wildman–Crippen MR) is 112 cm³/mol. The fourth-order valence-electron chi connectivity index (χ4n) is 2.90. The third kappa shape index (κ3) is 5.81.